The predicted octanol–water partition coefficient (Wildman–Crippen LogP) is -3.63. The molecule has 0 bridgehead atoms. The molecular formula is C16H21N5O8. The number of primary amides is 1. The van der Waals surface area contributed by atoms with Crippen LogP contribution >= 0.6 is 0 Å². The Kier molecular flexibility index (Phi) is 7.99. The van der Waals surface area contributed by atoms with Crippen LogP contribution in [0.5, 0.6) is 0 Å². The molecule has 1 rings (SSSR count). The van der Waals surface area contributed by atoms with E-state index in [2.05, 4.69) is 16.0 Å². The molecule has 3 atom stereocenters. The molecule has 0 saturated carbocycles. The highest BCUT2D eigenvalue weighted by atomic mass is 16.4. The molecule has 1 heterocycles. The monoisotopic (exact) mass is 411 g/mol. The second kappa shape index (κ2) is 9.96. The third-order valence-electron chi connectivity index (χ3n) is 3.74. The fraction of sp³-hybridized carbons (Fsp3) is 0.438. The zero-order valence-electron chi connectivity index (χ0n) is 15.6. The van der Waals surface area contributed by atoms with Crippen LogP contribution in [-0.4, -0.2) is 76.1 Å². The topological polar surface area (TPSA) is 205 Å². The summed E-state index contributed by atoms with van der Waals surface area (Å²) in [6.07, 6.45) is 1.39. The van der Waals surface area contributed by atoms with Gasteiger partial charge in [0, 0.05) is 12.2 Å². The summed E-state index contributed by atoms with van der Waals surface area (Å²) in [5.41, 5.74) is 4.91. The predicted molar refractivity (Wildman–Crippen MR) is 94.4 cm³/mol. The molecule has 13 nitrogen and oxygen atoms in total. The van der Waals surface area contributed by atoms with Crippen LogP contribution in [0.2, 0.25) is 0 Å². The van der Waals surface area contributed by atoms with Gasteiger partial charge in [-0.15, -0.1) is 0 Å². The van der Waals surface area contributed by atoms with Gasteiger partial charge in [0.05, 0.1) is 6.42 Å². The molecule has 0 aromatic rings. The number of carboxylic acid groups (broad SMARTS) is 1. The highest BCUT2D eigenvalue weighted by Crippen LogP contribution is 2.02. The maximum absolute atomic E-state index is 12.1. The van der Waals surface area contributed by atoms with Crippen molar-refractivity contribution in [2.75, 3.05) is 6.54 Å². The Balaban J connectivity index is 2.53. The summed E-state index contributed by atoms with van der Waals surface area (Å²) in [7, 11) is 0. The highest BCUT2D eigenvalue weighted by Gasteiger charge is 2.28. The van der Waals surface area contributed by atoms with Crippen LogP contribution in [0.3, 0.4) is 0 Å². The molecular weight excluding hydrogens is 390 g/mol. The van der Waals surface area contributed by atoms with E-state index < -0.39 is 72.5 Å². The second-order valence-electron chi connectivity index (χ2n) is 6.19. The molecule has 0 aromatic carbocycles. The van der Waals surface area contributed by atoms with Crippen molar-refractivity contribution in [1.29, 1.82) is 0 Å². The normalized spacial score (nSPS) is 16.0. The number of rotatable bonds is 10. The standard InChI is InChI=1S/C16H21N5O8/c1-7(18-11(23)6-21-12(24)3-4-13(21)25)14(26)19-8(2)15(27)20-9(16(28)29)5-10(17)22/h3-4,7-9H,5-6H2,1-2H3,(H2,17,22)(H,18,23)(H,19,26)(H,20,27)(H,28,29)/t7-,8-,9-/m0/s1. The number of aliphatic carboxylic acids is 1. The lowest BCUT2D eigenvalue weighted by molar-refractivity contribution is -0.143. The number of carboxylic acids is 1. The van der Waals surface area contributed by atoms with Gasteiger partial charge in [0.2, 0.25) is 23.6 Å². The van der Waals surface area contributed by atoms with Crippen LogP contribution < -0.4 is 21.7 Å². The number of amides is 6. The van der Waals surface area contributed by atoms with Crippen molar-refractivity contribution in [2.24, 2.45) is 5.73 Å². The maximum Gasteiger partial charge on any atom is 0.326 e. The van der Waals surface area contributed by atoms with E-state index in [0.717, 1.165) is 12.2 Å². The minimum atomic E-state index is -1.55. The van der Waals surface area contributed by atoms with Crippen LogP contribution in [0.1, 0.15) is 20.3 Å². The first-order valence-electron chi connectivity index (χ1n) is 8.37. The van der Waals surface area contributed by atoms with Gasteiger partial charge in [-0.25, -0.2) is 4.79 Å². The largest absolute Gasteiger partial charge is 0.480 e. The molecule has 0 fully saturated rings. The molecule has 0 aliphatic carbocycles. The second-order valence-corrected chi connectivity index (χ2v) is 6.19. The number of imide groups is 1. The summed E-state index contributed by atoms with van der Waals surface area (Å²) in [5.74, 6) is -6.16. The number of hydrogen-bond acceptors (Lipinski definition) is 7. The molecule has 6 N–H and O–H groups in total. The van der Waals surface area contributed by atoms with Crippen LogP contribution in [0.15, 0.2) is 12.2 Å². The Bertz CT molecular complexity index is 759. The lowest BCUT2D eigenvalue weighted by Gasteiger charge is -2.21. The third kappa shape index (κ3) is 7.04. The Morgan fingerprint density at radius 2 is 1.45 bits per heavy atom. The summed E-state index contributed by atoms with van der Waals surface area (Å²) in [6.45, 7) is 1.99. The zero-order valence-corrected chi connectivity index (χ0v) is 15.6. The first kappa shape index (κ1) is 23.3. The van der Waals surface area contributed by atoms with E-state index in [1.165, 1.54) is 13.8 Å². The molecule has 1 aliphatic heterocycles. The van der Waals surface area contributed by atoms with Crippen molar-refractivity contribution in [3.8, 4) is 0 Å². The number of nitrogens with zero attached hydrogens (tertiary/aromatic N) is 1. The molecule has 1 aliphatic rings. The van der Waals surface area contributed by atoms with E-state index >= 15 is 0 Å². The van der Waals surface area contributed by atoms with Crippen molar-refractivity contribution >= 4 is 41.4 Å². The van der Waals surface area contributed by atoms with Crippen molar-refractivity contribution in [3.05, 3.63) is 12.2 Å². The SMILES string of the molecule is C[C@H](NC(=O)CN1C(=O)C=CC1=O)C(=O)N[C@@H](C)C(=O)N[C@@H](CC(N)=O)C(=O)O. The molecule has 0 radical (unpaired) electrons. The molecule has 0 saturated heterocycles. The van der Waals surface area contributed by atoms with Crippen molar-refractivity contribution in [2.45, 2.75) is 38.4 Å². The van der Waals surface area contributed by atoms with Gasteiger partial charge in [0.15, 0.2) is 0 Å². The van der Waals surface area contributed by atoms with E-state index in [0.29, 0.717) is 4.90 Å². The Morgan fingerprint density at radius 3 is 1.93 bits per heavy atom. The minimum absolute atomic E-state index is 0.578. The van der Waals surface area contributed by atoms with Gasteiger partial charge in [-0.2, -0.15) is 0 Å². The average molecular weight is 411 g/mol. The molecule has 0 spiro atoms. The highest BCUT2D eigenvalue weighted by molar-refractivity contribution is 6.14. The maximum atomic E-state index is 12.1. The van der Waals surface area contributed by atoms with Gasteiger partial charge in [-0.3, -0.25) is 33.7 Å². The van der Waals surface area contributed by atoms with E-state index in [-0.39, 0.29) is 0 Å². The van der Waals surface area contributed by atoms with E-state index in [1.807, 2.05) is 0 Å². The van der Waals surface area contributed by atoms with Gasteiger partial charge in [0.1, 0.15) is 24.7 Å². The summed E-state index contributed by atoms with van der Waals surface area (Å²) < 4.78 is 0. The number of nitrogens with two attached hydrogens (primary N) is 1. The summed E-state index contributed by atoms with van der Waals surface area (Å²) in [5, 5.41) is 15.5. The first-order valence-corrected chi connectivity index (χ1v) is 8.37. The quantitative estimate of drug-likeness (QED) is 0.226. The van der Waals surface area contributed by atoms with E-state index in [4.69, 9.17) is 10.8 Å². The third-order valence-corrected chi connectivity index (χ3v) is 3.74. The fourth-order valence-corrected chi connectivity index (χ4v) is 2.19. The number of carbonyl (C=O) groups is 7. The van der Waals surface area contributed by atoms with Gasteiger partial charge in [-0.1, -0.05) is 0 Å². The molecule has 158 valence electrons. The lowest BCUT2D eigenvalue weighted by atomic mass is 10.1. The fourth-order valence-electron chi connectivity index (χ4n) is 2.19. The smallest absolute Gasteiger partial charge is 0.326 e. The molecule has 13 heteroatoms. The zero-order chi connectivity index (χ0) is 22.3. The van der Waals surface area contributed by atoms with Crippen molar-refractivity contribution < 1.29 is 38.7 Å². The van der Waals surface area contributed by atoms with Crippen LogP contribution in [0.25, 0.3) is 0 Å². The Hall–Kier alpha value is -3.77. The van der Waals surface area contributed by atoms with Crippen LogP contribution in [0, 0.1) is 0 Å². The molecule has 0 unspecified atom stereocenters. The minimum Gasteiger partial charge on any atom is -0.480 e. The average Bonchev–Trinajstić information content (AvgIpc) is 2.92. The van der Waals surface area contributed by atoms with Crippen LogP contribution in [0.4, 0.5) is 0 Å². The first-order chi connectivity index (χ1) is 13.4. The molecule has 0 aromatic heterocycles. The Morgan fingerprint density at radius 1 is 0.966 bits per heavy atom. The number of hydrogen-bond donors (Lipinski definition) is 5. The van der Waals surface area contributed by atoms with Crippen LogP contribution in [-0.2, 0) is 33.6 Å². The van der Waals surface area contributed by atoms with Gasteiger partial charge in [-0.05, 0) is 13.8 Å². The van der Waals surface area contributed by atoms with Gasteiger partial charge >= 0.3 is 5.97 Å². The summed E-state index contributed by atoms with van der Waals surface area (Å²) in [4.78, 5) is 81.4. The molecule has 29 heavy (non-hydrogen) atoms. The summed E-state index contributed by atoms with van der Waals surface area (Å²) >= 11 is 0. The van der Waals surface area contributed by atoms with E-state index in [9.17, 15) is 33.6 Å². The van der Waals surface area contributed by atoms with E-state index in [1.54, 1.807) is 0 Å². The van der Waals surface area contributed by atoms with Gasteiger partial charge < -0.3 is 26.8 Å². The molecule has 6 amide bonds. The lowest BCUT2D eigenvalue weighted by Crippen LogP contribution is -2.55. The van der Waals surface area contributed by atoms with Gasteiger partial charge in [0.25, 0.3) is 11.8 Å². The van der Waals surface area contributed by atoms with Crippen molar-refractivity contribution in [1.82, 2.24) is 20.9 Å². The van der Waals surface area contributed by atoms with Crippen molar-refractivity contribution in [3.63, 3.8) is 0 Å². The number of nitrogens with one attached hydrogen (secondary N) is 3. The summed E-state index contributed by atoms with van der Waals surface area (Å²) in [6, 6.07) is -3.87. The Labute approximate surface area is 164 Å². The number of carbonyl (C=O) groups excluding carboxylic acids is 6.